The van der Waals surface area contributed by atoms with E-state index in [0.717, 1.165) is 52.0 Å². The highest BCUT2D eigenvalue weighted by atomic mass is 16.1. The van der Waals surface area contributed by atoms with E-state index in [1.165, 1.54) is 5.69 Å². The fourth-order valence-electron chi connectivity index (χ4n) is 3.74. The van der Waals surface area contributed by atoms with Gasteiger partial charge in [-0.1, -0.05) is 24.1 Å². The van der Waals surface area contributed by atoms with Crippen molar-refractivity contribution < 1.29 is 4.79 Å². The largest absolute Gasteiger partial charge is 0.371 e. The fourth-order valence-corrected chi connectivity index (χ4v) is 3.74. The molecular formula is C20H27N3O. The quantitative estimate of drug-likeness (QED) is 0.841. The maximum atomic E-state index is 12.4. The van der Waals surface area contributed by atoms with Gasteiger partial charge >= 0.3 is 0 Å². The van der Waals surface area contributed by atoms with Crippen molar-refractivity contribution in [2.24, 2.45) is 11.8 Å². The number of rotatable bonds is 5. The number of amides is 1. The van der Waals surface area contributed by atoms with Gasteiger partial charge in [0, 0.05) is 31.2 Å². The molecule has 4 nitrogen and oxygen atoms in total. The lowest BCUT2D eigenvalue weighted by Gasteiger charge is -2.30. The molecule has 1 atom stereocenters. The summed E-state index contributed by atoms with van der Waals surface area (Å²) in [5.74, 6) is 3.62. The number of likely N-dealkylation sites (tertiary alicyclic amines) is 1. The first-order valence-corrected chi connectivity index (χ1v) is 9.00. The number of piperidine rings is 1. The number of benzene rings is 1. The van der Waals surface area contributed by atoms with Gasteiger partial charge < -0.3 is 10.2 Å². The molecule has 3 rings (SSSR count). The van der Waals surface area contributed by atoms with Crippen molar-refractivity contribution >= 4 is 11.6 Å². The summed E-state index contributed by atoms with van der Waals surface area (Å²) < 4.78 is 0. The minimum atomic E-state index is 0.158. The summed E-state index contributed by atoms with van der Waals surface area (Å²) in [7, 11) is 0. The van der Waals surface area contributed by atoms with E-state index in [1.807, 2.05) is 6.07 Å². The molecular weight excluding hydrogens is 298 g/mol. The van der Waals surface area contributed by atoms with E-state index < -0.39 is 0 Å². The van der Waals surface area contributed by atoms with Gasteiger partial charge in [0.05, 0.1) is 6.54 Å². The van der Waals surface area contributed by atoms with Gasteiger partial charge in [-0.3, -0.25) is 9.69 Å². The molecule has 1 N–H and O–H groups in total. The van der Waals surface area contributed by atoms with Gasteiger partial charge in [-0.25, -0.2) is 0 Å². The van der Waals surface area contributed by atoms with E-state index >= 15 is 0 Å². The lowest BCUT2D eigenvalue weighted by atomic mass is 9.95. The Balaban J connectivity index is 1.39. The second kappa shape index (κ2) is 8.21. The van der Waals surface area contributed by atoms with Crippen LogP contribution in [0, 0.1) is 24.2 Å². The summed E-state index contributed by atoms with van der Waals surface area (Å²) in [4.78, 5) is 17.0. The Labute approximate surface area is 145 Å². The minimum absolute atomic E-state index is 0.158. The zero-order chi connectivity index (χ0) is 16.8. The normalized spacial score (nSPS) is 22.3. The van der Waals surface area contributed by atoms with E-state index in [1.54, 1.807) is 0 Å². The second-order valence-corrected chi connectivity index (χ2v) is 6.94. The highest BCUT2D eigenvalue weighted by Crippen LogP contribution is 2.23. The van der Waals surface area contributed by atoms with Crippen LogP contribution in [0.15, 0.2) is 30.3 Å². The summed E-state index contributed by atoms with van der Waals surface area (Å²) in [6, 6.07) is 10.5. The van der Waals surface area contributed by atoms with Crippen LogP contribution >= 0.6 is 0 Å². The molecule has 4 heteroatoms. The van der Waals surface area contributed by atoms with E-state index in [4.69, 9.17) is 6.42 Å². The zero-order valence-corrected chi connectivity index (χ0v) is 14.3. The van der Waals surface area contributed by atoms with Crippen molar-refractivity contribution in [1.29, 1.82) is 0 Å². The monoisotopic (exact) mass is 325 g/mol. The van der Waals surface area contributed by atoms with Crippen molar-refractivity contribution in [1.82, 2.24) is 10.2 Å². The van der Waals surface area contributed by atoms with Crippen LogP contribution in [0.4, 0.5) is 5.69 Å². The maximum absolute atomic E-state index is 12.4. The number of hydrogen-bond donors (Lipinski definition) is 1. The standard InChI is InChI=1S/C20H27N3O/c1-2-11-22-12-9-18(10-13-22)20(24)21-15-17-8-14-23(16-17)19-6-4-3-5-7-19/h1,3-7,17-18H,8-16H2,(H,21,24)/t17-/m0/s1. The van der Waals surface area contributed by atoms with Gasteiger partial charge in [0.15, 0.2) is 0 Å². The third kappa shape index (κ3) is 4.30. The van der Waals surface area contributed by atoms with Crippen LogP contribution in [-0.2, 0) is 4.79 Å². The molecule has 2 fully saturated rings. The zero-order valence-electron chi connectivity index (χ0n) is 14.3. The van der Waals surface area contributed by atoms with Crippen molar-refractivity contribution in [2.75, 3.05) is 44.2 Å². The lowest BCUT2D eigenvalue weighted by molar-refractivity contribution is -0.126. The molecule has 0 bridgehead atoms. The van der Waals surface area contributed by atoms with Crippen molar-refractivity contribution in [2.45, 2.75) is 19.3 Å². The molecule has 0 saturated carbocycles. The minimum Gasteiger partial charge on any atom is -0.371 e. The Bertz CT molecular complexity index is 572. The maximum Gasteiger partial charge on any atom is 0.223 e. The first-order chi connectivity index (χ1) is 11.8. The number of anilines is 1. The number of para-hydroxylation sites is 1. The van der Waals surface area contributed by atoms with Crippen LogP contribution in [-0.4, -0.2) is 50.1 Å². The SMILES string of the molecule is C#CCN1CCC(C(=O)NC[C@@H]2CCN(c3ccccc3)C2)CC1. The molecule has 24 heavy (non-hydrogen) atoms. The van der Waals surface area contributed by atoms with Gasteiger partial charge in [-0.2, -0.15) is 0 Å². The van der Waals surface area contributed by atoms with Crippen molar-refractivity contribution in [3.05, 3.63) is 30.3 Å². The Hall–Kier alpha value is -1.99. The Morgan fingerprint density at radius 3 is 2.62 bits per heavy atom. The van der Waals surface area contributed by atoms with Gasteiger partial charge in [-0.05, 0) is 50.4 Å². The second-order valence-electron chi connectivity index (χ2n) is 6.94. The van der Waals surface area contributed by atoms with Crippen LogP contribution in [0.25, 0.3) is 0 Å². The molecule has 0 aromatic heterocycles. The first-order valence-electron chi connectivity index (χ1n) is 9.00. The lowest BCUT2D eigenvalue weighted by Crippen LogP contribution is -2.42. The van der Waals surface area contributed by atoms with Crippen LogP contribution < -0.4 is 10.2 Å². The Kier molecular flexibility index (Phi) is 5.77. The number of nitrogens with zero attached hydrogens (tertiary/aromatic N) is 2. The van der Waals surface area contributed by atoms with Gasteiger partial charge in [0.1, 0.15) is 0 Å². The Morgan fingerprint density at radius 2 is 1.92 bits per heavy atom. The van der Waals surface area contributed by atoms with Crippen LogP contribution in [0.3, 0.4) is 0 Å². The highest BCUT2D eigenvalue weighted by molar-refractivity contribution is 5.78. The third-order valence-corrected chi connectivity index (χ3v) is 5.25. The van der Waals surface area contributed by atoms with Crippen molar-refractivity contribution in [3.8, 4) is 12.3 Å². The molecule has 0 unspecified atom stereocenters. The number of carbonyl (C=O) groups excluding carboxylic acids is 1. The first kappa shape index (κ1) is 16.9. The number of carbonyl (C=O) groups is 1. The van der Waals surface area contributed by atoms with E-state index in [2.05, 4.69) is 45.3 Å². The topological polar surface area (TPSA) is 35.6 Å². The number of hydrogen-bond acceptors (Lipinski definition) is 3. The van der Waals surface area contributed by atoms with Gasteiger partial charge in [-0.15, -0.1) is 6.42 Å². The predicted molar refractivity (Wildman–Crippen MR) is 97.8 cm³/mol. The number of terminal acetylenes is 1. The summed E-state index contributed by atoms with van der Waals surface area (Å²) in [5, 5.41) is 3.19. The van der Waals surface area contributed by atoms with E-state index in [-0.39, 0.29) is 11.8 Å². The molecule has 1 aromatic rings. The van der Waals surface area contributed by atoms with Crippen molar-refractivity contribution in [3.63, 3.8) is 0 Å². The fraction of sp³-hybridized carbons (Fsp3) is 0.550. The molecule has 1 amide bonds. The molecule has 2 aliphatic rings. The average molecular weight is 325 g/mol. The molecule has 0 aliphatic carbocycles. The molecule has 1 aromatic carbocycles. The number of nitrogens with one attached hydrogen (secondary N) is 1. The molecule has 128 valence electrons. The molecule has 0 radical (unpaired) electrons. The third-order valence-electron chi connectivity index (χ3n) is 5.25. The van der Waals surface area contributed by atoms with E-state index in [0.29, 0.717) is 12.5 Å². The highest BCUT2D eigenvalue weighted by Gasteiger charge is 2.27. The van der Waals surface area contributed by atoms with E-state index in [9.17, 15) is 4.79 Å². The average Bonchev–Trinajstić information content (AvgIpc) is 3.10. The van der Waals surface area contributed by atoms with Crippen LogP contribution in [0.5, 0.6) is 0 Å². The molecule has 2 heterocycles. The van der Waals surface area contributed by atoms with Gasteiger partial charge in [0.25, 0.3) is 0 Å². The molecule has 0 spiro atoms. The molecule has 2 saturated heterocycles. The van der Waals surface area contributed by atoms with Crippen LogP contribution in [0.2, 0.25) is 0 Å². The van der Waals surface area contributed by atoms with Crippen LogP contribution in [0.1, 0.15) is 19.3 Å². The summed E-state index contributed by atoms with van der Waals surface area (Å²) in [5.41, 5.74) is 1.28. The Morgan fingerprint density at radius 1 is 1.17 bits per heavy atom. The summed E-state index contributed by atoms with van der Waals surface area (Å²) in [6.07, 6.45) is 8.35. The summed E-state index contributed by atoms with van der Waals surface area (Å²) >= 11 is 0. The predicted octanol–water partition coefficient (Wildman–Crippen LogP) is 1.97. The smallest absolute Gasteiger partial charge is 0.223 e. The molecule has 2 aliphatic heterocycles. The van der Waals surface area contributed by atoms with Gasteiger partial charge in [0.2, 0.25) is 5.91 Å². The summed E-state index contributed by atoms with van der Waals surface area (Å²) in [6.45, 7) is 5.49.